The first-order valence-corrected chi connectivity index (χ1v) is 23.8. The standard InChI is InChI=1S/C59H52N4O8/c1-59(2,71-56(66)54(31-38-16-19-42-33-61-26-23-40(42)28-38)63-58(68)70-34-51-46-12-6-3-9-43(46)44-10-4-7-13-47(44)51)24-21-36-17-20-49-50(29-36)45-11-5-8-14-48(45)52(49)35-69-57(67)62-53(55(64)65)30-37-15-18-41-32-60-25-22-39(41)27-37/h3-20,22-23,25-29,32-33,51-54H,21,24,30-31,34-35H2,1-2H3,(H,62,67)(H,63,68)(H,64,65)/t52?,53-,54-/m0/s1. The number of aromatic nitrogens is 2. The number of rotatable bonds is 16. The van der Waals surface area contributed by atoms with Crippen LogP contribution in [0.4, 0.5) is 9.59 Å². The Hall–Kier alpha value is -8.38. The second-order valence-corrected chi connectivity index (χ2v) is 18.9. The van der Waals surface area contributed by atoms with Crippen LogP contribution in [0.5, 0.6) is 0 Å². The zero-order valence-electron chi connectivity index (χ0n) is 39.3. The van der Waals surface area contributed by atoms with Crippen molar-refractivity contribution in [3.8, 4) is 22.3 Å². The van der Waals surface area contributed by atoms with Crippen molar-refractivity contribution in [1.29, 1.82) is 0 Å². The number of nitrogens with one attached hydrogen (secondary N) is 2. The summed E-state index contributed by atoms with van der Waals surface area (Å²) in [5.74, 6) is -2.15. The molecule has 12 nitrogen and oxygen atoms in total. The SMILES string of the molecule is CC(C)(CCc1ccc2c(c1)-c1ccccc1C2COC(=O)N[C@@H](Cc1ccc2cnccc2c1)C(=O)O)OC(=O)[C@H](Cc1ccc2cnccc2c1)NC(=O)OCC1c2ccccc2-c2ccccc21. The fraction of sp³-hybridized carbons (Fsp3) is 0.220. The van der Waals surface area contributed by atoms with Crippen molar-refractivity contribution >= 4 is 45.7 Å². The molecule has 0 bridgehead atoms. The molecular weight excluding hydrogens is 893 g/mol. The van der Waals surface area contributed by atoms with Crippen molar-refractivity contribution in [1.82, 2.24) is 20.6 Å². The second kappa shape index (κ2) is 19.9. The third-order valence-electron chi connectivity index (χ3n) is 13.7. The Morgan fingerprint density at radius 2 is 1.01 bits per heavy atom. The number of pyridine rings is 2. The van der Waals surface area contributed by atoms with Gasteiger partial charge in [-0.05, 0) is 111 Å². The van der Waals surface area contributed by atoms with Gasteiger partial charge in [-0.25, -0.2) is 19.2 Å². The summed E-state index contributed by atoms with van der Waals surface area (Å²) >= 11 is 0. The van der Waals surface area contributed by atoms with Crippen LogP contribution in [0.3, 0.4) is 0 Å². The van der Waals surface area contributed by atoms with Crippen molar-refractivity contribution < 1.29 is 38.5 Å². The summed E-state index contributed by atoms with van der Waals surface area (Å²) in [6.07, 6.45) is 6.72. The summed E-state index contributed by atoms with van der Waals surface area (Å²) in [7, 11) is 0. The van der Waals surface area contributed by atoms with Gasteiger partial charge < -0.3 is 30.0 Å². The van der Waals surface area contributed by atoms with Gasteiger partial charge in [-0.2, -0.15) is 0 Å². The Morgan fingerprint density at radius 3 is 1.55 bits per heavy atom. The Bertz CT molecular complexity index is 3290. The van der Waals surface area contributed by atoms with Gasteiger partial charge in [-0.1, -0.05) is 127 Å². The molecule has 1 unspecified atom stereocenters. The van der Waals surface area contributed by atoms with Gasteiger partial charge in [0.15, 0.2) is 0 Å². The number of alkyl carbamates (subject to hydrolysis) is 2. The highest BCUT2D eigenvalue weighted by molar-refractivity contribution is 5.86. The van der Waals surface area contributed by atoms with Crippen LogP contribution in [0.1, 0.15) is 71.0 Å². The predicted molar refractivity (Wildman–Crippen MR) is 271 cm³/mol. The lowest BCUT2D eigenvalue weighted by atomic mass is 9.94. The third-order valence-corrected chi connectivity index (χ3v) is 13.7. The Labute approximate surface area is 411 Å². The molecule has 3 atom stereocenters. The van der Waals surface area contributed by atoms with E-state index >= 15 is 0 Å². The first kappa shape index (κ1) is 46.4. The molecule has 0 fully saturated rings. The highest BCUT2D eigenvalue weighted by Gasteiger charge is 2.34. The summed E-state index contributed by atoms with van der Waals surface area (Å²) in [4.78, 5) is 61.7. The average molecular weight is 945 g/mol. The van der Waals surface area contributed by atoms with E-state index in [9.17, 15) is 24.3 Å². The number of hydrogen-bond donors (Lipinski definition) is 3. The van der Waals surface area contributed by atoms with Gasteiger partial charge in [0.2, 0.25) is 0 Å². The van der Waals surface area contributed by atoms with E-state index in [0.29, 0.717) is 12.8 Å². The van der Waals surface area contributed by atoms with Crippen molar-refractivity contribution in [2.75, 3.05) is 13.2 Å². The smallest absolute Gasteiger partial charge is 0.407 e. The monoisotopic (exact) mass is 944 g/mol. The van der Waals surface area contributed by atoms with Crippen molar-refractivity contribution in [2.45, 2.75) is 69.1 Å². The van der Waals surface area contributed by atoms with Crippen molar-refractivity contribution in [2.24, 2.45) is 0 Å². The minimum atomic E-state index is -1.19. The van der Waals surface area contributed by atoms with E-state index in [4.69, 9.17) is 14.2 Å². The minimum Gasteiger partial charge on any atom is -0.480 e. The fourth-order valence-corrected chi connectivity index (χ4v) is 10.0. The molecule has 0 spiro atoms. The molecule has 356 valence electrons. The van der Waals surface area contributed by atoms with Crippen LogP contribution in [0.25, 0.3) is 43.8 Å². The highest BCUT2D eigenvalue weighted by atomic mass is 16.6. The maximum atomic E-state index is 14.2. The number of benzene rings is 6. The van der Waals surface area contributed by atoms with Crippen LogP contribution in [-0.4, -0.2) is 70.1 Å². The average Bonchev–Trinajstić information content (AvgIpc) is 3.87. The van der Waals surface area contributed by atoms with E-state index < -0.39 is 41.8 Å². The third kappa shape index (κ3) is 10.2. The lowest BCUT2D eigenvalue weighted by molar-refractivity contribution is -0.159. The number of carbonyl (C=O) groups is 4. The molecule has 2 aliphatic carbocycles. The zero-order valence-corrected chi connectivity index (χ0v) is 39.3. The molecule has 12 heteroatoms. The number of carbonyl (C=O) groups excluding carboxylic acids is 3. The number of carboxylic acid groups (broad SMARTS) is 1. The summed E-state index contributed by atoms with van der Waals surface area (Å²) < 4.78 is 17.9. The van der Waals surface area contributed by atoms with Crippen LogP contribution in [0.15, 0.2) is 164 Å². The molecule has 10 rings (SSSR count). The number of carboxylic acids is 1. The first-order chi connectivity index (χ1) is 34.5. The number of aryl methyl sites for hydroxylation is 1. The Kier molecular flexibility index (Phi) is 13.0. The molecule has 2 aromatic heterocycles. The van der Waals surface area contributed by atoms with Crippen LogP contribution in [0.2, 0.25) is 0 Å². The first-order valence-electron chi connectivity index (χ1n) is 23.8. The van der Waals surface area contributed by atoms with Crippen LogP contribution < -0.4 is 10.6 Å². The quantitative estimate of drug-likeness (QED) is 0.0627. The molecule has 71 heavy (non-hydrogen) atoms. The second-order valence-electron chi connectivity index (χ2n) is 18.9. The highest BCUT2D eigenvalue weighted by Crippen LogP contribution is 2.46. The topological polar surface area (TPSA) is 166 Å². The van der Waals surface area contributed by atoms with Crippen LogP contribution >= 0.6 is 0 Å². The number of esters is 1. The molecule has 2 heterocycles. The number of fused-ring (bicyclic) bond motifs is 8. The molecule has 3 N–H and O–H groups in total. The minimum absolute atomic E-state index is 0.00907. The molecule has 6 aromatic carbocycles. The summed E-state index contributed by atoms with van der Waals surface area (Å²) in [6, 6.07) is 43.4. The van der Waals surface area contributed by atoms with Crippen molar-refractivity contribution in [3.05, 3.63) is 203 Å². The fourth-order valence-electron chi connectivity index (χ4n) is 10.0. The number of aliphatic carboxylic acids is 1. The van der Waals surface area contributed by atoms with Gasteiger partial charge in [0.05, 0.1) is 0 Å². The Balaban J connectivity index is 0.790. The maximum absolute atomic E-state index is 14.2. The molecule has 0 radical (unpaired) electrons. The van der Waals surface area contributed by atoms with Gasteiger partial charge >= 0.3 is 24.1 Å². The molecule has 2 aliphatic rings. The predicted octanol–water partition coefficient (Wildman–Crippen LogP) is 10.7. The summed E-state index contributed by atoms with van der Waals surface area (Å²) in [5, 5.41) is 19.2. The van der Waals surface area contributed by atoms with E-state index in [1.165, 1.54) is 0 Å². The van der Waals surface area contributed by atoms with Gasteiger partial charge in [0.25, 0.3) is 0 Å². The molecule has 0 saturated heterocycles. The molecule has 0 saturated carbocycles. The van der Waals surface area contributed by atoms with E-state index in [0.717, 1.165) is 82.7 Å². The van der Waals surface area contributed by atoms with Gasteiger partial charge in [0, 0.05) is 60.2 Å². The molecule has 8 aromatic rings. The van der Waals surface area contributed by atoms with Gasteiger partial charge in [0.1, 0.15) is 30.9 Å². The molecule has 2 amide bonds. The summed E-state index contributed by atoms with van der Waals surface area (Å²) in [5.41, 5.74) is 10.1. The number of hydrogen-bond acceptors (Lipinski definition) is 9. The van der Waals surface area contributed by atoms with E-state index in [2.05, 4.69) is 50.9 Å². The van der Waals surface area contributed by atoms with Gasteiger partial charge in [-0.15, -0.1) is 0 Å². The summed E-state index contributed by atoms with van der Waals surface area (Å²) in [6.45, 7) is 3.85. The van der Waals surface area contributed by atoms with Gasteiger partial charge in [-0.3, -0.25) is 9.97 Å². The van der Waals surface area contributed by atoms with E-state index in [-0.39, 0.29) is 37.9 Å². The molecule has 0 aliphatic heterocycles. The van der Waals surface area contributed by atoms with E-state index in [1.54, 1.807) is 24.8 Å². The largest absolute Gasteiger partial charge is 0.480 e. The zero-order chi connectivity index (χ0) is 49.1. The van der Waals surface area contributed by atoms with Crippen LogP contribution in [0, 0.1) is 0 Å². The number of amides is 2. The van der Waals surface area contributed by atoms with E-state index in [1.807, 2.05) is 123 Å². The maximum Gasteiger partial charge on any atom is 0.407 e. The lowest BCUT2D eigenvalue weighted by Crippen LogP contribution is -2.46. The molecular formula is C59H52N4O8. The number of ether oxygens (including phenoxy) is 3. The normalized spacial score (nSPS) is 14.4. The lowest BCUT2D eigenvalue weighted by Gasteiger charge is -2.28. The Morgan fingerprint density at radius 1 is 0.549 bits per heavy atom. The van der Waals surface area contributed by atoms with Crippen molar-refractivity contribution in [3.63, 3.8) is 0 Å². The van der Waals surface area contributed by atoms with Crippen LogP contribution in [-0.2, 0) is 43.1 Å². The number of nitrogens with zero attached hydrogens (tertiary/aromatic N) is 2.